The van der Waals surface area contributed by atoms with E-state index in [1.54, 1.807) is 10.6 Å². The molecule has 2 aromatic heterocycles. The van der Waals surface area contributed by atoms with Crippen LogP contribution in [0.25, 0.3) is 11.0 Å². The lowest BCUT2D eigenvalue weighted by Gasteiger charge is -2.22. The van der Waals surface area contributed by atoms with Gasteiger partial charge in [-0.25, -0.2) is 9.78 Å². The van der Waals surface area contributed by atoms with Crippen LogP contribution >= 0.6 is 11.6 Å². The van der Waals surface area contributed by atoms with E-state index in [-0.39, 0.29) is 22.1 Å². The quantitative estimate of drug-likeness (QED) is 0.672. The third kappa shape index (κ3) is 3.66. The van der Waals surface area contributed by atoms with E-state index in [9.17, 15) is 14.7 Å². The zero-order chi connectivity index (χ0) is 19.7. The molecule has 0 amide bonds. The Hall–Kier alpha value is -2.86. The first-order valence-electron chi connectivity index (χ1n) is 8.53. The number of anilines is 1. The van der Waals surface area contributed by atoms with E-state index in [1.165, 1.54) is 6.20 Å². The van der Waals surface area contributed by atoms with Crippen LogP contribution in [-0.2, 0) is 6.54 Å². The lowest BCUT2D eigenvalue weighted by Crippen LogP contribution is -2.22. The van der Waals surface area contributed by atoms with E-state index in [4.69, 9.17) is 11.6 Å². The molecule has 1 aromatic carbocycles. The van der Waals surface area contributed by atoms with Crippen LogP contribution in [-0.4, -0.2) is 27.7 Å². The van der Waals surface area contributed by atoms with E-state index in [2.05, 4.69) is 4.98 Å². The molecular formula is C20H20ClN3O3. The Morgan fingerprint density at radius 1 is 1.30 bits per heavy atom. The second-order valence-electron chi connectivity index (χ2n) is 6.69. The third-order valence-electron chi connectivity index (χ3n) is 4.40. The van der Waals surface area contributed by atoms with E-state index < -0.39 is 11.4 Å². The van der Waals surface area contributed by atoms with Gasteiger partial charge in [0.1, 0.15) is 11.2 Å². The van der Waals surface area contributed by atoms with Gasteiger partial charge < -0.3 is 14.6 Å². The van der Waals surface area contributed by atoms with Gasteiger partial charge in [-0.05, 0) is 25.5 Å². The lowest BCUT2D eigenvalue weighted by molar-refractivity contribution is 0.0694. The van der Waals surface area contributed by atoms with Gasteiger partial charge in [0, 0.05) is 25.8 Å². The van der Waals surface area contributed by atoms with Crippen LogP contribution in [0.15, 0.2) is 47.4 Å². The van der Waals surface area contributed by atoms with Crippen LogP contribution < -0.4 is 10.3 Å². The van der Waals surface area contributed by atoms with Gasteiger partial charge in [-0.15, -0.1) is 0 Å². The Balaban J connectivity index is 2.18. The van der Waals surface area contributed by atoms with Crippen molar-refractivity contribution in [1.82, 2.24) is 9.55 Å². The zero-order valence-electron chi connectivity index (χ0n) is 15.3. The molecule has 140 valence electrons. The molecule has 0 saturated carbocycles. The van der Waals surface area contributed by atoms with Gasteiger partial charge in [0.2, 0.25) is 5.43 Å². The van der Waals surface area contributed by atoms with Crippen molar-refractivity contribution in [3.05, 3.63) is 69.1 Å². The molecule has 1 N–H and O–H groups in total. The normalized spacial score (nSPS) is 11.1. The largest absolute Gasteiger partial charge is 0.477 e. The van der Waals surface area contributed by atoms with Crippen LogP contribution in [0.4, 0.5) is 5.69 Å². The minimum atomic E-state index is -1.26. The average molecular weight is 386 g/mol. The number of hydrogen-bond acceptors (Lipinski definition) is 4. The summed E-state index contributed by atoms with van der Waals surface area (Å²) >= 11 is 6.41. The van der Waals surface area contributed by atoms with Crippen molar-refractivity contribution in [3.63, 3.8) is 0 Å². The number of hydrogen-bond donors (Lipinski definition) is 1. The highest BCUT2D eigenvalue weighted by atomic mass is 35.5. The van der Waals surface area contributed by atoms with Crippen LogP contribution in [0.3, 0.4) is 0 Å². The molecule has 0 fully saturated rings. The average Bonchev–Trinajstić information content (AvgIpc) is 2.61. The van der Waals surface area contributed by atoms with Gasteiger partial charge >= 0.3 is 5.97 Å². The van der Waals surface area contributed by atoms with Crippen molar-refractivity contribution in [2.24, 2.45) is 0 Å². The number of aromatic nitrogens is 2. The summed E-state index contributed by atoms with van der Waals surface area (Å²) in [5, 5.41) is 9.89. The fourth-order valence-corrected chi connectivity index (χ4v) is 3.27. The van der Waals surface area contributed by atoms with E-state index in [0.29, 0.717) is 17.9 Å². The molecule has 0 aliphatic rings. The smallest absolute Gasteiger partial charge is 0.341 e. The van der Waals surface area contributed by atoms with Crippen LogP contribution in [0.2, 0.25) is 5.15 Å². The minimum Gasteiger partial charge on any atom is -0.477 e. The number of carboxylic acid groups (broad SMARTS) is 1. The molecule has 0 spiro atoms. The molecular weight excluding hydrogens is 366 g/mol. The number of pyridine rings is 2. The van der Waals surface area contributed by atoms with Gasteiger partial charge in [0.25, 0.3) is 0 Å². The first kappa shape index (κ1) is 18.9. The van der Waals surface area contributed by atoms with Gasteiger partial charge in [-0.1, -0.05) is 41.9 Å². The number of fused-ring (bicyclic) bond motifs is 1. The summed E-state index contributed by atoms with van der Waals surface area (Å²) < 4.78 is 1.66. The Kier molecular flexibility index (Phi) is 5.19. The molecule has 27 heavy (non-hydrogen) atoms. The summed E-state index contributed by atoms with van der Waals surface area (Å²) in [5.74, 6) is -1.26. The highest BCUT2D eigenvalue weighted by molar-refractivity contribution is 6.32. The molecule has 6 nitrogen and oxygen atoms in total. The summed E-state index contributed by atoms with van der Waals surface area (Å²) in [5.41, 5.74) is 1.18. The van der Waals surface area contributed by atoms with E-state index in [0.717, 1.165) is 5.56 Å². The second-order valence-corrected chi connectivity index (χ2v) is 7.05. The molecule has 0 aliphatic heterocycles. The maximum atomic E-state index is 12.7. The Morgan fingerprint density at radius 2 is 1.96 bits per heavy atom. The molecule has 0 radical (unpaired) electrons. The second kappa shape index (κ2) is 7.40. The maximum absolute atomic E-state index is 12.7. The molecule has 0 unspecified atom stereocenters. The predicted octanol–water partition coefficient (Wildman–Crippen LogP) is 3.97. The molecule has 0 aliphatic carbocycles. The van der Waals surface area contributed by atoms with Gasteiger partial charge in [-0.2, -0.15) is 0 Å². The predicted molar refractivity (Wildman–Crippen MR) is 107 cm³/mol. The Labute approximate surface area is 161 Å². The van der Waals surface area contributed by atoms with Crippen LogP contribution in [0, 0.1) is 0 Å². The van der Waals surface area contributed by atoms with Crippen molar-refractivity contribution in [2.75, 3.05) is 11.9 Å². The summed E-state index contributed by atoms with van der Waals surface area (Å²) in [7, 11) is 1.85. The summed E-state index contributed by atoms with van der Waals surface area (Å²) in [6.07, 6.45) is 1.33. The molecule has 0 bridgehead atoms. The summed E-state index contributed by atoms with van der Waals surface area (Å²) in [4.78, 5) is 30.5. The number of halogens is 1. The van der Waals surface area contributed by atoms with Gasteiger partial charge in [-0.3, -0.25) is 4.79 Å². The zero-order valence-corrected chi connectivity index (χ0v) is 16.1. The van der Waals surface area contributed by atoms with Crippen molar-refractivity contribution in [1.29, 1.82) is 0 Å². The molecule has 3 aromatic rings. The number of benzene rings is 1. The maximum Gasteiger partial charge on any atom is 0.341 e. The number of carbonyl (C=O) groups is 1. The molecule has 0 atom stereocenters. The van der Waals surface area contributed by atoms with Crippen LogP contribution in [0.5, 0.6) is 0 Å². The fraction of sp³-hybridized carbons (Fsp3) is 0.250. The highest BCUT2D eigenvalue weighted by Gasteiger charge is 2.19. The minimum absolute atomic E-state index is 0.0809. The molecule has 3 rings (SSSR count). The first-order valence-corrected chi connectivity index (χ1v) is 8.91. The van der Waals surface area contributed by atoms with Gasteiger partial charge in [0.05, 0.1) is 11.1 Å². The number of nitrogens with zero attached hydrogens (tertiary/aromatic N) is 3. The van der Waals surface area contributed by atoms with Crippen molar-refractivity contribution < 1.29 is 9.90 Å². The first-order chi connectivity index (χ1) is 12.8. The Bertz CT molecular complexity index is 1060. The summed E-state index contributed by atoms with van der Waals surface area (Å²) in [6.45, 7) is 4.35. The lowest BCUT2D eigenvalue weighted by atomic mass is 10.1. The Morgan fingerprint density at radius 3 is 2.56 bits per heavy atom. The highest BCUT2D eigenvalue weighted by Crippen LogP contribution is 2.28. The molecule has 2 heterocycles. The third-order valence-corrected chi connectivity index (χ3v) is 4.68. The van der Waals surface area contributed by atoms with E-state index >= 15 is 0 Å². The molecule has 7 heteroatoms. The van der Waals surface area contributed by atoms with Crippen molar-refractivity contribution in [2.45, 2.75) is 26.4 Å². The number of rotatable bonds is 5. The van der Waals surface area contributed by atoms with Crippen molar-refractivity contribution in [3.8, 4) is 0 Å². The van der Waals surface area contributed by atoms with Crippen molar-refractivity contribution >= 4 is 34.3 Å². The molecule has 0 saturated heterocycles. The van der Waals surface area contributed by atoms with Crippen LogP contribution in [0.1, 0.15) is 35.8 Å². The number of carboxylic acids is 1. The standard InChI is InChI=1S/C20H20ClN3O3/c1-12(2)24-11-15(20(26)27)17(25)14-9-16(18(21)22-19(14)24)23(3)10-13-7-5-4-6-8-13/h4-9,11-12H,10H2,1-3H3,(H,26,27). The fourth-order valence-electron chi connectivity index (χ4n) is 3.00. The monoisotopic (exact) mass is 385 g/mol. The topological polar surface area (TPSA) is 75.4 Å². The van der Waals surface area contributed by atoms with Gasteiger partial charge in [0.15, 0.2) is 5.15 Å². The SMILES string of the molecule is CC(C)n1cc(C(=O)O)c(=O)c2cc(N(C)Cc3ccccc3)c(Cl)nc21. The summed E-state index contributed by atoms with van der Waals surface area (Å²) in [6, 6.07) is 11.4. The van der Waals surface area contributed by atoms with E-state index in [1.807, 2.05) is 56.1 Å². The number of aromatic carboxylic acids is 1.